The molecule has 4 nitrogen and oxygen atoms in total. The van der Waals surface area contributed by atoms with Crippen molar-refractivity contribution in [2.24, 2.45) is 0 Å². The van der Waals surface area contributed by atoms with E-state index in [0.29, 0.717) is 12.1 Å². The highest BCUT2D eigenvalue weighted by atomic mass is 16.3. The molecule has 0 aliphatic carbocycles. The normalized spacial score (nSPS) is 14.6. The average molecular weight is 330 g/mol. The molecule has 1 aromatic heterocycles. The summed E-state index contributed by atoms with van der Waals surface area (Å²) in [6.07, 6.45) is 1.89. The SMILES string of the molecule is O=C1Nc2ccccc2/C1=C/c1ccc(CO)n1Cc1ccccc1. The van der Waals surface area contributed by atoms with Gasteiger partial charge in [-0.3, -0.25) is 4.79 Å². The molecule has 25 heavy (non-hydrogen) atoms. The lowest BCUT2D eigenvalue weighted by Crippen LogP contribution is -2.08. The first-order chi connectivity index (χ1) is 12.3. The zero-order valence-electron chi connectivity index (χ0n) is 13.6. The van der Waals surface area contributed by atoms with Crippen LogP contribution in [0, 0.1) is 0 Å². The average Bonchev–Trinajstić information content (AvgIpc) is 3.17. The molecule has 0 radical (unpaired) electrons. The number of para-hydroxylation sites is 1. The maximum Gasteiger partial charge on any atom is 0.256 e. The van der Waals surface area contributed by atoms with Crippen molar-refractivity contribution in [1.29, 1.82) is 0 Å². The van der Waals surface area contributed by atoms with E-state index in [1.165, 1.54) is 0 Å². The van der Waals surface area contributed by atoms with Crippen LogP contribution in [-0.4, -0.2) is 15.6 Å². The molecule has 0 saturated heterocycles. The number of hydrogen-bond donors (Lipinski definition) is 2. The largest absolute Gasteiger partial charge is 0.390 e. The number of anilines is 1. The Morgan fingerprint density at radius 3 is 2.52 bits per heavy atom. The zero-order chi connectivity index (χ0) is 17.2. The predicted molar refractivity (Wildman–Crippen MR) is 98.8 cm³/mol. The summed E-state index contributed by atoms with van der Waals surface area (Å²) in [4.78, 5) is 12.3. The Kier molecular flexibility index (Phi) is 3.96. The van der Waals surface area contributed by atoms with E-state index in [1.54, 1.807) is 0 Å². The first-order valence-electron chi connectivity index (χ1n) is 8.22. The fraction of sp³-hybridized carbons (Fsp3) is 0.0952. The molecule has 1 aliphatic rings. The number of benzene rings is 2. The summed E-state index contributed by atoms with van der Waals surface area (Å²) in [5.74, 6) is -0.0980. The van der Waals surface area contributed by atoms with Crippen LogP contribution in [0.2, 0.25) is 0 Å². The van der Waals surface area contributed by atoms with Gasteiger partial charge < -0.3 is 15.0 Å². The Labute approximate surface area is 146 Å². The van der Waals surface area contributed by atoms with Crippen LogP contribution in [0.15, 0.2) is 66.7 Å². The number of carbonyl (C=O) groups is 1. The minimum atomic E-state index is -0.0980. The first kappa shape index (κ1) is 15.4. The molecule has 1 aliphatic heterocycles. The summed E-state index contributed by atoms with van der Waals surface area (Å²) in [5.41, 5.74) is 5.25. The Morgan fingerprint density at radius 1 is 0.960 bits per heavy atom. The van der Waals surface area contributed by atoms with Gasteiger partial charge in [-0.25, -0.2) is 0 Å². The molecule has 4 heteroatoms. The van der Waals surface area contributed by atoms with E-state index >= 15 is 0 Å². The van der Waals surface area contributed by atoms with Crippen LogP contribution < -0.4 is 5.32 Å². The molecule has 2 heterocycles. The molecule has 0 bridgehead atoms. The van der Waals surface area contributed by atoms with Crippen LogP contribution in [0.5, 0.6) is 0 Å². The van der Waals surface area contributed by atoms with E-state index in [0.717, 1.165) is 28.2 Å². The molecule has 3 aromatic rings. The lowest BCUT2D eigenvalue weighted by molar-refractivity contribution is -0.110. The van der Waals surface area contributed by atoms with Gasteiger partial charge in [0.15, 0.2) is 0 Å². The van der Waals surface area contributed by atoms with E-state index in [2.05, 4.69) is 17.4 Å². The fourth-order valence-electron chi connectivity index (χ4n) is 3.18. The number of nitrogens with one attached hydrogen (secondary N) is 1. The summed E-state index contributed by atoms with van der Waals surface area (Å²) >= 11 is 0. The van der Waals surface area contributed by atoms with Crippen LogP contribution in [0.3, 0.4) is 0 Å². The van der Waals surface area contributed by atoms with E-state index < -0.39 is 0 Å². The highest BCUT2D eigenvalue weighted by Crippen LogP contribution is 2.33. The third kappa shape index (κ3) is 2.88. The molecule has 0 atom stereocenters. The number of aliphatic hydroxyl groups is 1. The van der Waals surface area contributed by atoms with Gasteiger partial charge >= 0.3 is 0 Å². The van der Waals surface area contributed by atoms with Gasteiger partial charge in [-0.15, -0.1) is 0 Å². The quantitative estimate of drug-likeness (QED) is 0.719. The molecule has 0 unspecified atom stereocenters. The standard InChI is InChI=1S/C21H18N2O2/c24-14-17-11-10-16(23(17)13-15-6-2-1-3-7-15)12-19-18-8-4-5-9-20(18)22-21(19)25/h1-12,24H,13-14H2,(H,22,25)/b19-12-. The second-order valence-electron chi connectivity index (χ2n) is 6.04. The maximum absolute atomic E-state index is 12.3. The minimum Gasteiger partial charge on any atom is -0.390 e. The third-order valence-electron chi connectivity index (χ3n) is 4.45. The monoisotopic (exact) mass is 330 g/mol. The lowest BCUT2D eigenvalue weighted by atomic mass is 10.1. The smallest absolute Gasteiger partial charge is 0.256 e. The number of nitrogens with zero attached hydrogens (tertiary/aromatic N) is 1. The fourth-order valence-corrected chi connectivity index (χ4v) is 3.18. The number of rotatable bonds is 4. The zero-order valence-corrected chi connectivity index (χ0v) is 13.6. The highest BCUT2D eigenvalue weighted by Gasteiger charge is 2.24. The lowest BCUT2D eigenvalue weighted by Gasteiger charge is -2.11. The van der Waals surface area contributed by atoms with Gasteiger partial charge in [0.05, 0.1) is 12.2 Å². The molecular weight excluding hydrogens is 312 g/mol. The molecular formula is C21H18N2O2. The minimum absolute atomic E-state index is 0.0429. The van der Waals surface area contributed by atoms with E-state index in [9.17, 15) is 9.90 Å². The summed E-state index contributed by atoms with van der Waals surface area (Å²) in [6, 6.07) is 21.6. The van der Waals surface area contributed by atoms with Gasteiger partial charge in [-0.1, -0.05) is 48.5 Å². The maximum atomic E-state index is 12.3. The molecule has 1 amide bonds. The predicted octanol–water partition coefficient (Wildman–Crippen LogP) is 3.52. The van der Waals surface area contributed by atoms with Crippen LogP contribution in [-0.2, 0) is 17.9 Å². The van der Waals surface area contributed by atoms with Crippen molar-refractivity contribution in [2.75, 3.05) is 5.32 Å². The number of carbonyl (C=O) groups excluding carboxylic acids is 1. The van der Waals surface area contributed by atoms with Crippen LogP contribution in [0.1, 0.15) is 22.5 Å². The Balaban J connectivity index is 1.77. The van der Waals surface area contributed by atoms with Crippen LogP contribution >= 0.6 is 0 Å². The number of aliphatic hydroxyl groups excluding tert-OH is 1. The molecule has 2 aromatic carbocycles. The number of amides is 1. The highest BCUT2D eigenvalue weighted by molar-refractivity contribution is 6.34. The Bertz CT molecular complexity index is 955. The van der Waals surface area contributed by atoms with E-state index in [-0.39, 0.29) is 12.5 Å². The molecule has 2 N–H and O–H groups in total. The second-order valence-corrected chi connectivity index (χ2v) is 6.04. The number of hydrogen-bond acceptors (Lipinski definition) is 2. The summed E-state index contributed by atoms with van der Waals surface area (Å²) in [7, 11) is 0. The molecule has 124 valence electrons. The molecule has 4 rings (SSSR count). The van der Waals surface area contributed by atoms with Crippen molar-refractivity contribution in [3.8, 4) is 0 Å². The first-order valence-corrected chi connectivity index (χ1v) is 8.22. The summed E-state index contributed by atoms with van der Waals surface area (Å²) < 4.78 is 2.04. The van der Waals surface area contributed by atoms with Gasteiger partial charge in [0.2, 0.25) is 0 Å². The van der Waals surface area contributed by atoms with Crippen molar-refractivity contribution in [1.82, 2.24) is 4.57 Å². The van der Waals surface area contributed by atoms with Gasteiger partial charge in [0, 0.05) is 29.2 Å². The number of aromatic nitrogens is 1. The van der Waals surface area contributed by atoms with E-state index in [1.807, 2.05) is 65.2 Å². The van der Waals surface area contributed by atoms with Crippen molar-refractivity contribution >= 4 is 23.2 Å². The summed E-state index contributed by atoms with van der Waals surface area (Å²) in [6.45, 7) is 0.602. The second kappa shape index (κ2) is 6.42. The van der Waals surface area contributed by atoms with Gasteiger partial charge in [-0.2, -0.15) is 0 Å². The van der Waals surface area contributed by atoms with E-state index in [4.69, 9.17) is 0 Å². The third-order valence-corrected chi connectivity index (χ3v) is 4.45. The van der Waals surface area contributed by atoms with Gasteiger partial charge in [-0.05, 0) is 29.8 Å². The van der Waals surface area contributed by atoms with Crippen molar-refractivity contribution < 1.29 is 9.90 Å². The van der Waals surface area contributed by atoms with Crippen LogP contribution in [0.25, 0.3) is 11.6 Å². The molecule has 0 saturated carbocycles. The molecule has 0 fully saturated rings. The van der Waals surface area contributed by atoms with Crippen molar-refractivity contribution in [3.05, 3.63) is 89.2 Å². The topological polar surface area (TPSA) is 54.3 Å². The Morgan fingerprint density at radius 2 is 1.72 bits per heavy atom. The van der Waals surface area contributed by atoms with Crippen molar-refractivity contribution in [2.45, 2.75) is 13.2 Å². The van der Waals surface area contributed by atoms with Crippen LogP contribution in [0.4, 0.5) is 5.69 Å². The van der Waals surface area contributed by atoms with Gasteiger partial charge in [0.1, 0.15) is 0 Å². The molecule has 0 spiro atoms. The Hall–Kier alpha value is -3.11. The summed E-state index contributed by atoms with van der Waals surface area (Å²) in [5, 5.41) is 12.6. The number of fused-ring (bicyclic) bond motifs is 1. The van der Waals surface area contributed by atoms with Crippen molar-refractivity contribution in [3.63, 3.8) is 0 Å². The van der Waals surface area contributed by atoms with Gasteiger partial charge in [0.25, 0.3) is 5.91 Å².